The Morgan fingerprint density at radius 2 is 2.47 bits per heavy atom. The molecule has 0 saturated carbocycles. The summed E-state index contributed by atoms with van der Waals surface area (Å²) in [5, 5.41) is 8.70. The largest absolute Gasteiger partial charge is 0.468 e. The highest BCUT2D eigenvalue weighted by Gasteiger charge is 2.43. The quantitative estimate of drug-likeness (QED) is 0.336. The summed E-state index contributed by atoms with van der Waals surface area (Å²) < 4.78 is 4.76. The molecule has 0 fully saturated rings. The van der Waals surface area contributed by atoms with Crippen LogP contribution < -0.4 is 0 Å². The summed E-state index contributed by atoms with van der Waals surface area (Å²) in [6.07, 6.45) is 4.10. The first-order chi connectivity index (χ1) is 7.12. The van der Waals surface area contributed by atoms with E-state index in [4.69, 9.17) is 9.99 Å². The van der Waals surface area contributed by atoms with Gasteiger partial charge in [-0.15, -0.1) is 0 Å². The van der Waals surface area contributed by atoms with Crippen molar-refractivity contribution in [1.82, 2.24) is 0 Å². The zero-order chi connectivity index (χ0) is 11.5. The van der Waals surface area contributed by atoms with E-state index in [1.165, 1.54) is 7.11 Å². The van der Waals surface area contributed by atoms with Crippen molar-refractivity contribution in [3.05, 3.63) is 24.3 Å². The van der Waals surface area contributed by atoms with Crippen LogP contribution >= 0.6 is 0 Å². The van der Waals surface area contributed by atoms with E-state index in [1.807, 2.05) is 6.92 Å². The Morgan fingerprint density at radius 1 is 1.80 bits per heavy atom. The standard InChI is InChI=1S/C11H16O4/c1-4-11(10(12)14-3)7-5-6-9(15-13)8(11)2/h5,7,9,13H,2,4,6H2,1,3H3/t9-,11-/m0/s1. The monoisotopic (exact) mass is 212 g/mol. The number of hydrogen-bond acceptors (Lipinski definition) is 4. The topological polar surface area (TPSA) is 55.8 Å². The summed E-state index contributed by atoms with van der Waals surface area (Å²) >= 11 is 0. The van der Waals surface area contributed by atoms with Crippen molar-refractivity contribution in [1.29, 1.82) is 0 Å². The molecule has 2 atom stereocenters. The van der Waals surface area contributed by atoms with E-state index in [-0.39, 0.29) is 5.97 Å². The van der Waals surface area contributed by atoms with Gasteiger partial charge >= 0.3 is 5.97 Å². The summed E-state index contributed by atoms with van der Waals surface area (Å²) in [6.45, 7) is 5.69. The molecule has 0 amide bonds. The zero-order valence-corrected chi connectivity index (χ0v) is 9.03. The Balaban J connectivity index is 3.08. The fourth-order valence-electron chi connectivity index (χ4n) is 1.91. The number of ether oxygens (including phenoxy) is 1. The third-order valence-corrected chi connectivity index (χ3v) is 2.95. The number of carbonyl (C=O) groups is 1. The van der Waals surface area contributed by atoms with Gasteiger partial charge in [-0.05, 0) is 18.4 Å². The van der Waals surface area contributed by atoms with Gasteiger partial charge in [0.1, 0.15) is 11.5 Å². The van der Waals surface area contributed by atoms with Crippen LogP contribution in [0.25, 0.3) is 0 Å². The van der Waals surface area contributed by atoms with Crippen molar-refractivity contribution >= 4 is 5.97 Å². The maximum Gasteiger partial charge on any atom is 0.319 e. The summed E-state index contributed by atoms with van der Waals surface area (Å²) in [7, 11) is 1.34. The second-order valence-corrected chi connectivity index (χ2v) is 3.57. The van der Waals surface area contributed by atoms with Crippen LogP contribution in [0.1, 0.15) is 19.8 Å². The highest BCUT2D eigenvalue weighted by Crippen LogP contribution is 2.40. The molecule has 0 bridgehead atoms. The zero-order valence-electron chi connectivity index (χ0n) is 9.03. The molecule has 15 heavy (non-hydrogen) atoms. The smallest absolute Gasteiger partial charge is 0.319 e. The molecule has 4 nitrogen and oxygen atoms in total. The van der Waals surface area contributed by atoms with Gasteiger partial charge in [-0.2, -0.15) is 0 Å². The van der Waals surface area contributed by atoms with Gasteiger partial charge in [0.15, 0.2) is 0 Å². The summed E-state index contributed by atoms with van der Waals surface area (Å²) in [4.78, 5) is 16.0. The highest BCUT2D eigenvalue weighted by atomic mass is 17.1. The van der Waals surface area contributed by atoms with Crippen LogP contribution in [0.2, 0.25) is 0 Å². The van der Waals surface area contributed by atoms with Gasteiger partial charge in [0.2, 0.25) is 0 Å². The predicted molar refractivity (Wildman–Crippen MR) is 55.1 cm³/mol. The Kier molecular flexibility index (Phi) is 3.66. The first-order valence-corrected chi connectivity index (χ1v) is 4.88. The molecule has 0 aromatic rings. The van der Waals surface area contributed by atoms with Crippen molar-refractivity contribution in [3.8, 4) is 0 Å². The van der Waals surface area contributed by atoms with E-state index in [2.05, 4.69) is 11.5 Å². The fraction of sp³-hybridized carbons (Fsp3) is 0.545. The average molecular weight is 212 g/mol. The summed E-state index contributed by atoms with van der Waals surface area (Å²) in [6, 6.07) is 0. The molecule has 0 spiro atoms. The van der Waals surface area contributed by atoms with Crippen LogP contribution in [-0.4, -0.2) is 24.4 Å². The molecule has 0 heterocycles. The minimum atomic E-state index is -0.861. The number of hydrogen-bond donors (Lipinski definition) is 1. The first-order valence-electron chi connectivity index (χ1n) is 4.88. The SMILES string of the molecule is C=C1[C@@H](OO)CC=C[C@]1(CC)C(=O)OC. The maximum absolute atomic E-state index is 11.7. The van der Waals surface area contributed by atoms with Crippen LogP contribution in [-0.2, 0) is 14.4 Å². The Bertz CT molecular complexity index is 295. The molecule has 0 unspecified atom stereocenters. The second-order valence-electron chi connectivity index (χ2n) is 3.57. The molecule has 0 aromatic carbocycles. The Hall–Kier alpha value is -1.13. The Labute approximate surface area is 89.1 Å². The number of methoxy groups -OCH3 is 1. The molecular weight excluding hydrogens is 196 g/mol. The lowest BCUT2D eigenvalue weighted by atomic mass is 9.72. The number of rotatable bonds is 3. The van der Waals surface area contributed by atoms with Crippen molar-refractivity contribution in [2.45, 2.75) is 25.9 Å². The van der Waals surface area contributed by atoms with Gasteiger partial charge in [-0.1, -0.05) is 25.7 Å². The third kappa shape index (κ3) is 1.82. The van der Waals surface area contributed by atoms with Gasteiger partial charge in [0, 0.05) is 0 Å². The average Bonchev–Trinajstić information content (AvgIpc) is 2.28. The van der Waals surface area contributed by atoms with Crippen LogP contribution in [0, 0.1) is 5.41 Å². The summed E-state index contributed by atoms with van der Waals surface area (Å²) in [5.74, 6) is -0.368. The number of esters is 1. The van der Waals surface area contributed by atoms with Crippen molar-refractivity contribution in [3.63, 3.8) is 0 Å². The van der Waals surface area contributed by atoms with Crippen molar-refractivity contribution in [2.24, 2.45) is 5.41 Å². The molecular formula is C11H16O4. The Morgan fingerprint density at radius 3 is 2.93 bits per heavy atom. The molecule has 0 aliphatic heterocycles. The van der Waals surface area contributed by atoms with E-state index in [1.54, 1.807) is 12.2 Å². The second kappa shape index (κ2) is 4.59. The van der Waals surface area contributed by atoms with Crippen LogP contribution in [0.15, 0.2) is 24.3 Å². The molecule has 1 N–H and O–H groups in total. The molecule has 0 radical (unpaired) electrons. The first kappa shape index (κ1) is 11.9. The van der Waals surface area contributed by atoms with E-state index < -0.39 is 11.5 Å². The minimum Gasteiger partial charge on any atom is -0.468 e. The fourth-order valence-corrected chi connectivity index (χ4v) is 1.91. The highest BCUT2D eigenvalue weighted by molar-refractivity contribution is 5.83. The van der Waals surface area contributed by atoms with Crippen LogP contribution in [0.4, 0.5) is 0 Å². The van der Waals surface area contributed by atoms with E-state index in [0.717, 1.165) is 0 Å². The van der Waals surface area contributed by atoms with E-state index in [9.17, 15) is 4.79 Å². The minimum absolute atomic E-state index is 0.368. The van der Waals surface area contributed by atoms with Crippen molar-refractivity contribution < 1.29 is 19.7 Å². The molecule has 1 rings (SSSR count). The van der Waals surface area contributed by atoms with Gasteiger partial charge in [-0.3, -0.25) is 10.1 Å². The molecule has 1 aliphatic carbocycles. The van der Waals surface area contributed by atoms with Gasteiger partial charge in [0.05, 0.1) is 7.11 Å². The van der Waals surface area contributed by atoms with Crippen LogP contribution in [0.5, 0.6) is 0 Å². The third-order valence-electron chi connectivity index (χ3n) is 2.95. The van der Waals surface area contributed by atoms with E-state index >= 15 is 0 Å². The molecule has 1 aliphatic rings. The number of carbonyl (C=O) groups excluding carboxylic acids is 1. The molecule has 4 heteroatoms. The maximum atomic E-state index is 11.7. The normalized spacial score (nSPS) is 30.3. The lowest BCUT2D eigenvalue weighted by Crippen LogP contribution is -2.39. The molecule has 0 aromatic heterocycles. The van der Waals surface area contributed by atoms with Crippen molar-refractivity contribution in [2.75, 3.05) is 7.11 Å². The van der Waals surface area contributed by atoms with E-state index in [0.29, 0.717) is 18.4 Å². The molecule has 84 valence electrons. The lowest BCUT2D eigenvalue weighted by molar-refractivity contribution is -0.270. The lowest BCUT2D eigenvalue weighted by Gasteiger charge is -2.34. The van der Waals surface area contributed by atoms with Gasteiger partial charge in [-0.25, -0.2) is 4.89 Å². The van der Waals surface area contributed by atoms with Crippen LogP contribution in [0.3, 0.4) is 0 Å². The predicted octanol–water partition coefficient (Wildman–Crippen LogP) is 1.93. The van der Waals surface area contributed by atoms with Gasteiger partial charge in [0.25, 0.3) is 0 Å². The molecule has 0 saturated heterocycles. The summed E-state index contributed by atoms with van der Waals surface area (Å²) in [5.41, 5.74) is -0.317. The van der Waals surface area contributed by atoms with Gasteiger partial charge < -0.3 is 4.74 Å².